The third-order valence-corrected chi connectivity index (χ3v) is 2.85. The summed E-state index contributed by atoms with van der Waals surface area (Å²) in [5.41, 5.74) is 1.32. The normalized spacial score (nSPS) is 11.9. The molecule has 0 radical (unpaired) electrons. The van der Waals surface area contributed by atoms with Gasteiger partial charge in [0.25, 0.3) is 5.69 Å². The zero-order valence-electron chi connectivity index (χ0n) is 10.3. The molecule has 0 aliphatic carbocycles. The Labute approximate surface area is 110 Å². The number of rotatable bonds is 4. The molecule has 0 bridgehead atoms. The second-order valence-electron chi connectivity index (χ2n) is 4.02. The van der Waals surface area contributed by atoms with E-state index in [1.54, 1.807) is 43.5 Å². The molecule has 5 nitrogen and oxygen atoms in total. The predicted octanol–water partition coefficient (Wildman–Crippen LogP) is 2.69. The first-order chi connectivity index (χ1) is 9.11. The quantitative estimate of drug-likeness (QED) is 0.676. The van der Waals surface area contributed by atoms with Gasteiger partial charge in [-0.25, -0.2) is 0 Å². The van der Waals surface area contributed by atoms with Gasteiger partial charge >= 0.3 is 0 Å². The number of aliphatic hydroxyl groups is 1. The van der Waals surface area contributed by atoms with E-state index in [0.717, 1.165) is 0 Å². The number of methoxy groups -OCH3 is 1. The highest BCUT2D eigenvalue weighted by atomic mass is 16.6. The van der Waals surface area contributed by atoms with Crippen LogP contribution in [0.25, 0.3) is 0 Å². The van der Waals surface area contributed by atoms with E-state index in [1.165, 1.54) is 12.1 Å². The second kappa shape index (κ2) is 5.49. The molecule has 98 valence electrons. The lowest BCUT2D eigenvalue weighted by atomic mass is 10.0. The van der Waals surface area contributed by atoms with Crippen molar-refractivity contribution in [1.82, 2.24) is 0 Å². The summed E-state index contributed by atoms with van der Waals surface area (Å²) in [7, 11) is 1.57. The number of benzene rings is 2. The van der Waals surface area contributed by atoms with Crippen molar-refractivity contribution in [1.29, 1.82) is 0 Å². The molecule has 0 amide bonds. The summed E-state index contributed by atoms with van der Waals surface area (Å²) in [5.74, 6) is 0.708. The van der Waals surface area contributed by atoms with Gasteiger partial charge in [-0.1, -0.05) is 12.1 Å². The second-order valence-corrected chi connectivity index (χ2v) is 4.02. The van der Waals surface area contributed by atoms with Crippen LogP contribution in [-0.2, 0) is 0 Å². The Morgan fingerprint density at radius 1 is 1.05 bits per heavy atom. The largest absolute Gasteiger partial charge is 0.497 e. The van der Waals surface area contributed by atoms with E-state index >= 15 is 0 Å². The summed E-state index contributed by atoms with van der Waals surface area (Å²) in [6, 6.07) is 12.9. The van der Waals surface area contributed by atoms with Crippen molar-refractivity contribution < 1.29 is 14.8 Å². The number of hydrogen-bond acceptors (Lipinski definition) is 4. The standard InChI is InChI=1S/C14H13NO4/c1-19-13-8-4-11(5-9-13)14(16)10-2-6-12(7-3-10)15(17)18/h2-9,14,16H,1H3/t14-/m0/s1. The van der Waals surface area contributed by atoms with Crippen molar-refractivity contribution in [2.45, 2.75) is 6.10 Å². The highest BCUT2D eigenvalue weighted by Gasteiger charge is 2.12. The summed E-state index contributed by atoms with van der Waals surface area (Å²) >= 11 is 0. The molecule has 0 aliphatic heterocycles. The Bertz CT molecular complexity index is 563. The third kappa shape index (κ3) is 2.89. The monoisotopic (exact) mass is 259 g/mol. The van der Waals surface area contributed by atoms with Crippen molar-refractivity contribution in [2.75, 3.05) is 7.11 Å². The summed E-state index contributed by atoms with van der Waals surface area (Å²) in [4.78, 5) is 10.1. The number of nitro benzene ring substituents is 1. The predicted molar refractivity (Wildman–Crippen MR) is 70.2 cm³/mol. The van der Waals surface area contributed by atoms with Crippen LogP contribution in [-0.4, -0.2) is 17.1 Å². The fourth-order valence-corrected chi connectivity index (χ4v) is 1.76. The summed E-state index contributed by atoms with van der Waals surface area (Å²) in [5, 5.41) is 20.7. The number of nitro groups is 1. The van der Waals surface area contributed by atoms with Crippen molar-refractivity contribution >= 4 is 5.69 Å². The zero-order chi connectivity index (χ0) is 13.8. The van der Waals surface area contributed by atoms with Crippen LogP contribution in [0.5, 0.6) is 5.75 Å². The molecule has 1 atom stereocenters. The number of ether oxygens (including phenoxy) is 1. The average Bonchev–Trinajstić information content (AvgIpc) is 2.46. The number of aliphatic hydroxyl groups excluding tert-OH is 1. The summed E-state index contributed by atoms with van der Waals surface area (Å²) in [6.07, 6.45) is -0.813. The van der Waals surface area contributed by atoms with E-state index in [1.807, 2.05) is 0 Å². The first kappa shape index (κ1) is 13.0. The van der Waals surface area contributed by atoms with Crippen LogP contribution in [0.2, 0.25) is 0 Å². The van der Waals surface area contributed by atoms with Crippen LogP contribution in [0.4, 0.5) is 5.69 Å². The minimum Gasteiger partial charge on any atom is -0.497 e. The molecule has 0 saturated heterocycles. The lowest BCUT2D eigenvalue weighted by molar-refractivity contribution is -0.384. The van der Waals surface area contributed by atoms with Gasteiger partial charge in [0.05, 0.1) is 12.0 Å². The molecule has 2 aromatic carbocycles. The number of non-ortho nitro benzene ring substituents is 1. The molecule has 2 aromatic rings. The van der Waals surface area contributed by atoms with Crippen LogP contribution in [0.1, 0.15) is 17.2 Å². The van der Waals surface area contributed by atoms with Crippen molar-refractivity contribution in [2.24, 2.45) is 0 Å². The molecular weight excluding hydrogens is 246 g/mol. The zero-order valence-corrected chi connectivity index (χ0v) is 10.3. The minimum absolute atomic E-state index is 0.00526. The molecule has 0 heterocycles. The lowest BCUT2D eigenvalue weighted by Crippen LogP contribution is -2.00. The van der Waals surface area contributed by atoms with Gasteiger partial charge in [-0.05, 0) is 35.4 Å². The topological polar surface area (TPSA) is 72.6 Å². The first-order valence-electron chi connectivity index (χ1n) is 5.68. The molecule has 0 saturated carbocycles. The number of nitrogens with zero attached hydrogens (tertiary/aromatic N) is 1. The van der Waals surface area contributed by atoms with E-state index in [4.69, 9.17) is 4.74 Å². The van der Waals surface area contributed by atoms with Crippen LogP contribution >= 0.6 is 0 Å². The van der Waals surface area contributed by atoms with E-state index < -0.39 is 11.0 Å². The highest BCUT2D eigenvalue weighted by molar-refractivity contribution is 5.38. The smallest absolute Gasteiger partial charge is 0.269 e. The molecule has 0 aromatic heterocycles. The third-order valence-electron chi connectivity index (χ3n) is 2.85. The maximum Gasteiger partial charge on any atom is 0.269 e. The van der Waals surface area contributed by atoms with Gasteiger partial charge < -0.3 is 9.84 Å². The number of hydrogen-bond donors (Lipinski definition) is 1. The van der Waals surface area contributed by atoms with Crippen LogP contribution in [0, 0.1) is 10.1 Å². The highest BCUT2D eigenvalue weighted by Crippen LogP contribution is 2.25. The molecular formula is C14H13NO4. The molecule has 0 spiro atoms. The van der Waals surface area contributed by atoms with Crippen LogP contribution < -0.4 is 4.74 Å². The van der Waals surface area contributed by atoms with Crippen molar-refractivity contribution in [3.63, 3.8) is 0 Å². The first-order valence-corrected chi connectivity index (χ1v) is 5.68. The maximum atomic E-state index is 10.6. The Morgan fingerprint density at radius 2 is 1.53 bits per heavy atom. The summed E-state index contributed by atoms with van der Waals surface area (Å²) < 4.78 is 5.04. The molecule has 19 heavy (non-hydrogen) atoms. The fourth-order valence-electron chi connectivity index (χ4n) is 1.76. The Balaban J connectivity index is 2.22. The van der Waals surface area contributed by atoms with Crippen molar-refractivity contribution in [3.05, 3.63) is 69.8 Å². The van der Waals surface area contributed by atoms with Gasteiger partial charge in [0.1, 0.15) is 11.9 Å². The minimum atomic E-state index is -0.813. The maximum absolute atomic E-state index is 10.6. The van der Waals surface area contributed by atoms with Gasteiger partial charge in [0.15, 0.2) is 0 Å². The average molecular weight is 259 g/mol. The van der Waals surface area contributed by atoms with Crippen LogP contribution in [0.3, 0.4) is 0 Å². The Kier molecular flexibility index (Phi) is 3.77. The van der Waals surface area contributed by atoms with Crippen molar-refractivity contribution in [3.8, 4) is 5.75 Å². The van der Waals surface area contributed by atoms with Crippen LogP contribution in [0.15, 0.2) is 48.5 Å². The molecule has 0 fully saturated rings. The lowest BCUT2D eigenvalue weighted by Gasteiger charge is -2.11. The molecule has 0 unspecified atom stereocenters. The van der Waals surface area contributed by atoms with E-state index in [-0.39, 0.29) is 5.69 Å². The SMILES string of the molecule is COc1ccc([C@@H](O)c2ccc([N+](=O)[O-])cc2)cc1. The van der Waals surface area contributed by atoms with Gasteiger partial charge in [0, 0.05) is 12.1 Å². The van der Waals surface area contributed by atoms with Gasteiger partial charge in [-0.3, -0.25) is 10.1 Å². The molecule has 2 rings (SSSR count). The van der Waals surface area contributed by atoms with Gasteiger partial charge in [-0.15, -0.1) is 0 Å². The fraction of sp³-hybridized carbons (Fsp3) is 0.143. The Morgan fingerprint density at radius 3 is 1.95 bits per heavy atom. The van der Waals surface area contributed by atoms with E-state index in [0.29, 0.717) is 16.9 Å². The molecule has 0 aliphatic rings. The summed E-state index contributed by atoms with van der Waals surface area (Å²) in [6.45, 7) is 0. The Hall–Kier alpha value is -2.40. The van der Waals surface area contributed by atoms with Gasteiger partial charge in [-0.2, -0.15) is 0 Å². The van der Waals surface area contributed by atoms with E-state index in [2.05, 4.69) is 0 Å². The molecule has 5 heteroatoms. The molecule has 1 N–H and O–H groups in total. The van der Waals surface area contributed by atoms with E-state index in [9.17, 15) is 15.2 Å². The van der Waals surface area contributed by atoms with Gasteiger partial charge in [0.2, 0.25) is 0 Å².